The highest BCUT2D eigenvalue weighted by Crippen LogP contribution is 2.33. The summed E-state index contributed by atoms with van der Waals surface area (Å²) in [5.41, 5.74) is 0.329. The fraction of sp³-hybridized carbons (Fsp3) is 0.500. The van der Waals surface area contributed by atoms with Gasteiger partial charge in [-0.1, -0.05) is 0 Å². The molecule has 0 radical (unpaired) electrons. The average molecular weight is 212 g/mol. The lowest BCUT2D eigenvalue weighted by atomic mass is 9.81. The van der Waals surface area contributed by atoms with Crippen LogP contribution in [0.3, 0.4) is 0 Å². The van der Waals surface area contributed by atoms with Crippen LogP contribution in [0.2, 0.25) is 0 Å². The highest BCUT2D eigenvalue weighted by atomic mass is 32.1. The second-order valence-corrected chi connectivity index (χ2v) is 4.61. The molecule has 0 amide bonds. The summed E-state index contributed by atoms with van der Waals surface area (Å²) >= 11 is 1.43. The minimum atomic E-state index is -0.657. The molecular weight excluding hydrogens is 200 g/mol. The van der Waals surface area contributed by atoms with Gasteiger partial charge in [-0.05, 0) is 23.9 Å². The maximum Gasteiger partial charge on any atom is 0.186 e. The zero-order chi connectivity index (χ0) is 10.2. The molecule has 1 saturated heterocycles. The third kappa shape index (κ3) is 1.30. The number of ether oxygens (including phenoxy) is 1. The smallest absolute Gasteiger partial charge is 0.186 e. The van der Waals surface area contributed by atoms with Crippen molar-refractivity contribution >= 4 is 17.1 Å². The largest absolute Gasteiger partial charge is 0.395 e. The Morgan fingerprint density at radius 3 is 2.79 bits per heavy atom. The van der Waals surface area contributed by atoms with E-state index in [1.807, 2.05) is 18.4 Å². The van der Waals surface area contributed by atoms with Gasteiger partial charge in [0, 0.05) is 0 Å². The Kier molecular flexibility index (Phi) is 2.43. The topological polar surface area (TPSA) is 46.5 Å². The van der Waals surface area contributed by atoms with Gasteiger partial charge in [0.2, 0.25) is 0 Å². The summed E-state index contributed by atoms with van der Waals surface area (Å²) in [7, 11) is 0. The van der Waals surface area contributed by atoms with Crippen LogP contribution in [0.4, 0.5) is 0 Å². The molecule has 0 atom stereocenters. The van der Waals surface area contributed by atoms with Crippen molar-refractivity contribution in [3.05, 3.63) is 21.9 Å². The molecule has 1 aliphatic heterocycles. The van der Waals surface area contributed by atoms with Crippen LogP contribution in [0.15, 0.2) is 11.4 Å². The van der Waals surface area contributed by atoms with Crippen molar-refractivity contribution in [1.29, 1.82) is 0 Å². The van der Waals surface area contributed by atoms with E-state index in [9.17, 15) is 9.90 Å². The lowest BCUT2D eigenvalue weighted by Gasteiger charge is -2.38. The molecule has 76 valence electrons. The number of carbonyl (C=O) groups excluding carboxylic acids is 1. The monoisotopic (exact) mass is 212 g/mol. The fourth-order valence-corrected chi connectivity index (χ4v) is 2.47. The normalized spacial score (nSPS) is 19.0. The van der Waals surface area contributed by atoms with Gasteiger partial charge in [0.05, 0.1) is 24.7 Å². The van der Waals surface area contributed by atoms with Crippen molar-refractivity contribution in [3.63, 3.8) is 0 Å². The van der Waals surface area contributed by atoms with Crippen molar-refractivity contribution in [2.24, 2.45) is 5.41 Å². The molecule has 1 aromatic heterocycles. The zero-order valence-corrected chi connectivity index (χ0v) is 8.76. The quantitative estimate of drug-likeness (QED) is 0.767. The molecule has 1 N–H and O–H groups in total. The lowest BCUT2D eigenvalue weighted by molar-refractivity contribution is -0.109. The summed E-state index contributed by atoms with van der Waals surface area (Å²) in [5, 5.41) is 11.1. The Morgan fingerprint density at radius 1 is 1.71 bits per heavy atom. The van der Waals surface area contributed by atoms with Gasteiger partial charge in [-0.15, -0.1) is 11.3 Å². The summed E-state index contributed by atoms with van der Waals surface area (Å²) in [4.78, 5) is 12.8. The van der Waals surface area contributed by atoms with E-state index in [1.54, 1.807) is 0 Å². The standard InChI is InChI=1S/C10H12O3S/c1-7-2-3-14-8(7)9(12)10(4-11)5-13-6-10/h2-3,11H,4-6H2,1H3. The SMILES string of the molecule is Cc1ccsc1C(=O)C1(CO)COC1. The number of hydrogen-bond donors (Lipinski definition) is 1. The van der Waals surface area contributed by atoms with Crippen LogP contribution >= 0.6 is 11.3 Å². The van der Waals surface area contributed by atoms with Crippen LogP contribution in [0.25, 0.3) is 0 Å². The first-order valence-corrected chi connectivity index (χ1v) is 5.35. The number of aliphatic hydroxyl groups excluding tert-OH is 1. The van der Waals surface area contributed by atoms with E-state index in [4.69, 9.17) is 4.74 Å². The number of thiophene rings is 1. The summed E-state index contributed by atoms with van der Waals surface area (Å²) < 4.78 is 5.01. The molecule has 1 aromatic rings. The van der Waals surface area contributed by atoms with E-state index in [0.717, 1.165) is 10.4 Å². The highest BCUT2D eigenvalue weighted by Gasteiger charge is 2.46. The van der Waals surface area contributed by atoms with Gasteiger partial charge in [-0.2, -0.15) is 0 Å². The zero-order valence-electron chi connectivity index (χ0n) is 7.95. The first kappa shape index (κ1) is 9.83. The van der Waals surface area contributed by atoms with E-state index >= 15 is 0 Å². The van der Waals surface area contributed by atoms with Gasteiger partial charge in [0.25, 0.3) is 0 Å². The first-order valence-electron chi connectivity index (χ1n) is 4.47. The van der Waals surface area contributed by atoms with Gasteiger partial charge >= 0.3 is 0 Å². The number of aliphatic hydroxyl groups is 1. The maximum absolute atomic E-state index is 12.0. The summed E-state index contributed by atoms with van der Waals surface area (Å²) in [6.45, 7) is 2.48. The first-order chi connectivity index (χ1) is 6.69. The molecule has 4 heteroatoms. The van der Waals surface area contributed by atoms with Crippen LogP contribution in [-0.4, -0.2) is 30.7 Å². The molecule has 0 aromatic carbocycles. The molecule has 0 saturated carbocycles. The molecule has 2 rings (SSSR count). The van der Waals surface area contributed by atoms with Crippen molar-refractivity contribution in [2.45, 2.75) is 6.92 Å². The van der Waals surface area contributed by atoms with Crippen molar-refractivity contribution < 1.29 is 14.6 Å². The van der Waals surface area contributed by atoms with E-state index in [2.05, 4.69) is 0 Å². The summed E-state index contributed by atoms with van der Waals surface area (Å²) in [6, 6.07) is 1.92. The van der Waals surface area contributed by atoms with Gasteiger partial charge in [0.1, 0.15) is 5.41 Å². The van der Waals surface area contributed by atoms with E-state index in [-0.39, 0.29) is 12.4 Å². The second-order valence-electron chi connectivity index (χ2n) is 3.69. The molecule has 1 aliphatic rings. The van der Waals surface area contributed by atoms with E-state index in [0.29, 0.717) is 13.2 Å². The van der Waals surface area contributed by atoms with Crippen LogP contribution in [0.1, 0.15) is 15.2 Å². The highest BCUT2D eigenvalue weighted by molar-refractivity contribution is 7.12. The van der Waals surface area contributed by atoms with Crippen LogP contribution in [-0.2, 0) is 4.74 Å². The average Bonchev–Trinajstić information content (AvgIpc) is 2.50. The van der Waals surface area contributed by atoms with Crippen molar-refractivity contribution in [2.75, 3.05) is 19.8 Å². The molecule has 3 nitrogen and oxygen atoms in total. The molecule has 2 heterocycles. The number of aryl methyl sites for hydroxylation is 1. The number of hydrogen-bond acceptors (Lipinski definition) is 4. The third-order valence-electron chi connectivity index (χ3n) is 2.61. The number of rotatable bonds is 3. The van der Waals surface area contributed by atoms with Crippen LogP contribution < -0.4 is 0 Å². The molecule has 0 unspecified atom stereocenters. The number of ketones is 1. The molecule has 0 bridgehead atoms. The molecule has 0 aliphatic carbocycles. The Hall–Kier alpha value is -0.710. The molecule has 1 fully saturated rings. The maximum atomic E-state index is 12.0. The van der Waals surface area contributed by atoms with E-state index in [1.165, 1.54) is 11.3 Å². The van der Waals surface area contributed by atoms with Crippen molar-refractivity contribution in [1.82, 2.24) is 0 Å². The van der Waals surface area contributed by atoms with Gasteiger partial charge < -0.3 is 9.84 Å². The predicted octanol–water partition coefficient (Wildman–Crippen LogP) is 1.25. The molecule has 14 heavy (non-hydrogen) atoms. The third-order valence-corrected chi connectivity index (χ3v) is 3.62. The Balaban J connectivity index is 2.27. The van der Waals surface area contributed by atoms with Gasteiger partial charge in [0.15, 0.2) is 5.78 Å². The summed E-state index contributed by atoms with van der Waals surface area (Å²) in [5.74, 6) is 0.0266. The predicted molar refractivity (Wildman–Crippen MR) is 53.7 cm³/mol. The Labute approximate surface area is 86.3 Å². The lowest BCUT2D eigenvalue weighted by Crippen LogP contribution is -2.51. The minimum Gasteiger partial charge on any atom is -0.395 e. The van der Waals surface area contributed by atoms with Crippen LogP contribution in [0.5, 0.6) is 0 Å². The summed E-state index contributed by atoms with van der Waals surface area (Å²) in [6.07, 6.45) is 0. The Bertz CT molecular complexity index is 346. The van der Waals surface area contributed by atoms with E-state index < -0.39 is 5.41 Å². The second kappa shape index (κ2) is 3.46. The molecule has 0 spiro atoms. The van der Waals surface area contributed by atoms with Crippen LogP contribution in [0, 0.1) is 12.3 Å². The van der Waals surface area contributed by atoms with Crippen molar-refractivity contribution in [3.8, 4) is 0 Å². The fourth-order valence-electron chi connectivity index (χ4n) is 1.49. The molecular formula is C10H12O3S. The van der Waals surface area contributed by atoms with Gasteiger partial charge in [-0.25, -0.2) is 0 Å². The number of carbonyl (C=O) groups is 1. The number of Topliss-reactive ketones (excluding diaryl/α,β-unsaturated/α-hetero) is 1. The Morgan fingerprint density at radius 2 is 2.43 bits per heavy atom. The minimum absolute atomic E-state index is 0.0266. The van der Waals surface area contributed by atoms with Gasteiger partial charge in [-0.3, -0.25) is 4.79 Å².